The van der Waals surface area contributed by atoms with Gasteiger partial charge in [0.2, 0.25) is 5.62 Å². The van der Waals surface area contributed by atoms with Gasteiger partial charge in [-0.3, -0.25) is 4.99 Å². The Morgan fingerprint density at radius 3 is 2.72 bits per heavy atom. The van der Waals surface area contributed by atoms with Crippen LogP contribution < -0.4 is 5.09 Å². The van der Waals surface area contributed by atoms with Gasteiger partial charge in [0, 0.05) is 0 Å². The van der Waals surface area contributed by atoms with E-state index in [9.17, 15) is 0 Å². The Kier molecular flexibility index (Phi) is 8.56. The lowest BCUT2D eigenvalue weighted by Crippen LogP contribution is -2.14. The smallest absolute Gasteiger partial charge is 0.211 e. The monoisotopic (exact) mass is 308 g/mol. The highest BCUT2D eigenvalue weighted by molar-refractivity contribution is 8.68. The molecule has 1 unspecified atom stereocenters. The Hall–Kier alpha value is 0.430. The van der Waals surface area contributed by atoms with Crippen molar-refractivity contribution in [2.45, 2.75) is 58.4 Å². The lowest BCUT2D eigenvalue weighted by molar-refractivity contribution is 0.356. The summed E-state index contributed by atoms with van der Waals surface area (Å²) < 4.78 is 5.80. The van der Waals surface area contributed by atoms with E-state index < -0.39 is 5.62 Å². The second-order valence-electron chi connectivity index (χ2n) is 4.45. The van der Waals surface area contributed by atoms with Gasteiger partial charge in [-0.05, 0) is 36.8 Å². The molecule has 18 heavy (non-hydrogen) atoms. The van der Waals surface area contributed by atoms with Gasteiger partial charge in [0.15, 0.2) is 0 Å². The van der Waals surface area contributed by atoms with Crippen LogP contribution in [0, 0.1) is 0 Å². The Bertz CT molecular complexity index is 294. The summed E-state index contributed by atoms with van der Waals surface area (Å²) in [5.41, 5.74) is -1.95. The number of hydrogen-bond donors (Lipinski definition) is 1. The molecule has 0 aromatic heterocycles. The van der Waals surface area contributed by atoms with Crippen molar-refractivity contribution in [1.82, 2.24) is 5.09 Å². The molecule has 1 aliphatic carbocycles. The second-order valence-corrected chi connectivity index (χ2v) is 11.3. The molecule has 106 valence electrons. The zero-order chi connectivity index (χ0) is 13.3. The summed E-state index contributed by atoms with van der Waals surface area (Å²) in [7, 11) is 0. The van der Waals surface area contributed by atoms with Crippen LogP contribution in [-0.4, -0.2) is 24.7 Å². The minimum absolute atomic E-state index is 0.493. The van der Waals surface area contributed by atoms with Gasteiger partial charge >= 0.3 is 0 Å². The molecular weight excluding hydrogens is 283 g/mol. The largest absolute Gasteiger partial charge is 0.326 e. The maximum Gasteiger partial charge on any atom is 0.211 e. The van der Waals surface area contributed by atoms with Crippen molar-refractivity contribution in [2.24, 2.45) is 4.99 Å². The fraction of sp³-hybridized carbons (Fsp3) is 0.917. The molecule has 1 rings (SSSR count). The van der Waals surface area contributed by atoms with Gasteiger partial charge in [0.1, 0.15) is 0 Å². The zero-order valence-electron chi connectivity index (χ0n) is 11.4. The lowest BCUT2D eigenvalue weighted by atomic mass is 9.96. The summed E-state index contributed by atoms with van der Waals surface area (Å²) in [6.07, 6.45) is 9.25. The predicted octanol–water partition coefficient (Wildman–Crippen LogP) is 4.34. The van der Waals surface area contributed by atoms with Crippen molar-refractivity contribution >= 4 is 35.1 Å². The molecule has 6 heteroatoms. The molecule has 0 heterocycles. The fourth-order valence-electron chi connectivity index (χ4n) is 1.93. The first-order chi connectivity index (χ1) is 8.70. The molecular formula is C12H25N2OPS2. The van der Waals surface area contributed by atoms with Crippen LogP contribution in [0.4, 0.5) is 0 Å². The zero-order valence-corrected chi connectivity index (χ0v) is 14.0. The van der Waals surface area contributed by atoms with Gasteiger partial charge in [-0.1, -0.05) is 44.5 Å². The first-order valence-corrected chi connectivity index (χ1v) is 11.2. The first kappa shape index (κ1) is 16.5. The maximum atomic E-state index is 5.80. The molecule has 0 spiro atoms. The van der Waals surface area contributed by atoms with Crippen LogP contribution in [0.15, 0.2) is 4.99 Å². The first-order valence-electron chi connectivity index (χ1n) is 6.88. The molecule has 0 aromatic carbocycles. The normalized spacial score (nSPS) is 21.0. The van der Waals surface area contributed by atoms with Gasteiger partial charge in [-0.15, -0.1) is 0 Å². The highest BCUT2D eigenvalue weighted by atomic mass is 32.9. The average Bonchev–Trinajstić information content (AvgIpc) is 2.38. The lowest BCUT2D eigenvalue weighted by Gasteiger charge is -2.21. The minimum Gasteiger partial charge on any atom is -0.326 e. The highest BCUT2D eigenvalue weighted by Gasteiger charge is 2.16. The van der Waals surface area contributed by atoms with E-state index in [-0.39, 0.29) is 0 Å². The van der Waals surface area contributed by atoms with Gasteiger partial charge in [-0.25, -0.2) is 0 Å². The number of nitrogens with one attached hydrogen (secondary N) is 1. The molecule has 0 aromatic rings. The van der Waals surface area contributed by atoms with Crippen molar-refractivity contribution in [3.8, 4) is 0 Å². The molecule has 0 saturated heterocycles. The molecule has 3 nitrogen and oxygen atoms in total. The van der Waals surface area contributed by atoms with E-state index >= 15 is 0 Å². The summed E-state index contributed by atoms with van der Waals surface area (Å²) in [6.45, 7) is 4.95. The van der Waals surface area contributed by atoms with Crippen molar-refractivity contribution in [1.29, 1.82) is 0 Å². The van der Waals surface area contributed by atoms with Gasteiger partial charge < -0.3 is 9.61 Å². The molecule has 0 bridgehead atoms. The summed E-state index contributed by atoms with van der Waals surface area (Å²) >= 11 is 7.29. The average molecular weight is 308 g/mol. The Labute approximate surface area is 120 Å². The van der Waals surface area contributed by atoms with E-state index in [4.69, 9.17) is 16.3 Å². The number of rotatable bonds is 8. The standard InChI is InChI=1S/C12H25N2OPS2/c1-3-10-15-16(17,18-4-2)14-11-13-12-8-6-5-7-9-12/h11-12H,3-10H2,1-2H3,(H,13,14,17). The Morgan fingerprint density at radius 2 is 2.11 bits per heavy atom. The quantitative estimate of drug-likeness (QED) is 0.411. The Balaban J connectivity index is 2.39. The number of nitrogens with zero attached hydrogens (tertiary/aromatic N) is 1. The van der Waals surface area contributed by atoms with Crippen molar-refractivity contribution in [3.63, 3.8) is 0 Å². The molecule has 1 N–H and O–H groups in total. The Morgan fingerprint density at radius 1 is 1.39 bits per heavy atom. The molecule has 1 aliphatic rings. The van der Waals surface area contributed by atoms with Crippen molar-refractivity contribution in [3.05, 3.63) is 0 Å². The summed E-state index contributed by atoms with van der Waals surface area (Å²) in [6, 6.07) is 0.493. The minimum atomic E-state index is -1.95. The van der Waals surface area contributed by atoms with E-state index in [2.05, 4.69) is 23.9 Å². The van der Waals surface area contributed by atoms with Crippen LogP contribution in [0.5, 0.6) is 0 Å². The van der Waals surface area contributed by atoms with Crippen molar-refractivity contribution < 1.29 is 4.52 Å². The second kappa shape index (κ2) is 9.35. The third-order valence-corrected chi connectivity index (χ3v) is 8.40. The topological polar surface area (TPSA) is 33.6 Å². The SMILES string of the molecule is CCCOP(=S)(NC=NC1CCCCC1)SCC. The van der Waals surface area contributed by atoms with Gasteiger partial charge in [-0.2, -0.15) is 0 Å². The third-order valence-electron chi connectivity index (χ3n) is 2.84. The molecule has 0 radical (unpaired) electrons. The molecule has 1 fully saturated rings. The molecule has 1 atom stereocenters. The van der Waals surface area contributed by atoms with Crippen LogP contribution >= 0.6 is 17.0 Å². The van der Waals surface area contributed by atoms with Crippen LogP contribution in [0.3, 0.4) is 0 Å². The molecule has 0 aliphatic heterocycles. The summed E-state index contributed by atoms with van der Waals surface area (Å²) in [5, 5.41) is 3.25. The van der Waals surface area contributed by atoms with E-state index in [0.717, 1.165) is 18.8 Å². The van der Waals surface area contributed by atoms with Gasteiger partial charge in [0.25, 0.3) is 0 Å². The summed E-state index contributed by atoms with van der Waals surface area (Å²) in [5.74, 6) is 0.977. The van der Waals surface area contributed by atoms with E-state index in [1.165, 1.54) is 32.1 Å². The van der Waals surface area contributed by atoms with Crippen LogP contribution in [0.25, 0.3) is 0 Å². The van der Waals surface area contributed by atoms with Crippen LogP contribution in [-0.2, 0) is 16.3 Å². The molecule has 0 amide bonds. The predicted molar refractivity (Wildman–Crippen MR) is 87.2 cm³/mol. The van der Waals surface area contributed by atoms with E-state index in [0.29, 0.717) is 6.04 Å². The maximum absolute atomic E-state index is 5.80. The summed E-state index contributed by atoms with van der Waals surface area (Å²) in [4.78, 5) is 4.59. The van der Waals surface area contributed by atoms with Crippen LogP contribution in [0.2, 0.25) is 0 Å². The third kappa shape index (κ3) is 6.55. The number of aliphatic imine (C=N–C) groups is 1. The van der Waals surface area contributed by atoms with E-state index in [1.54, 1.807) is 11.4 Å². The van der Waals surface area contributed by atoms with Crippen LogP contribution in [0.1, 0.15) is 52.4 Å². The van der Waals surface area contributed by atoms with Gasteiger partial charge in [0.05, 0.1) is 19.0 Å². The fourth-order valence-corrected chi connectivity index (χ4v) is 6.27. The number of hydrogen-bond acceptors (Lipinski definition) is 4. The highest BCUT2D eigenvalue weighted by Crippen LogP contribution is 2.55. The molecule has 1 saturated carbocycles. The van der Waals surface area contributed by atoms with Crippen molar-refractivity contribution in [2.75, 3.05) is 12.4 Å². The van der Waals surface area contributed by atoms with E-state index in [1.807, 2.05) is 6.34 Å².